The lowest BCUT2D eigenvalue weighted by Gasteiger charge is -2.48. The van der Waals surface area contributed by atoms with Crippen LogP contribution < -0.4 is 10.6 Å². The molecule has 0 bridgehead atoms. The highest BCUT2D eigenvalue weighted by Gasteiger charge is 2.53. The summed E-state index contributed by atoms with van der Waals surface area (Å²) in [6, 6.07) is 0. The van der Waals surface area contributed by atoms with E-state index in [2.05, 4.69) is 57.2 Å². The summed E-state index contributed by atoms with van der Waals surface area (Å²) in [7, 11) is 1.84. The first-order valence-electron chi connectivity index (χ1n) is 12.7. The monoisotopic (exact) mass is 465 g/mol. The molecule has 8 heteroatoms. The van der Waals surface area contributed by atoms with E-state index in [1.165, 1.54) is 6.92 Å². The lowest BCUT2D eigenvalue weighted by molar-refractivity contribution is -0.139. The van der Waals surface area contributed by atoms with Crippen LogP contribution in [0.5, 0.6) is 0 Å². The number of nitrogens with zero attached hydrogens (tertiary/aromatic N) is 1. The molecule has 0 spiro atoms. The van der Waals surface area contributed by atoms with Crippen molar-refractivity contribution in [3.8, 4) is 0 Å². The van der Waals surface area contributed by atoms with Gasteiger partial charge in [0.1, 0.15) is 5.54 Å². The molecule has 0 aromatic carbocycles. The minimum atomic E-state index is -0.915. The van der Waals surface area contributed by atoms with Gasteiger partial charge in [-0.05, 0) is 93.6 Å². The molecule has 190 valence electrons. The van der Waals surface area contributed by atoms with Gasteiger partial charge in [-0.3, -0.25) is 9.59 Å². The fourth-order valence-electron chi connectivity index (χ4n) is 5.12. The van der Waals surface area contributed by atoms with Crippen LogP contribution in [0.15, 0.2) is 0 Å². The lowest BCUT2D eigenvalue weighted by atomic mass is 9.64. The van der Waals surface area contributed by atoms with Crippen molar-refractivity contribution in [2.75, 3.05) is 20.1 Å². The van der Waals surface area contributed by atoms with Gasteiger partial charge in [-0.15, -0.1) is 0 Å². The largest absolute Gasteiger partial charge is 0.457 e. The van der Waals surface area contributed by atoms with Crippen molar-refractivity contribution in [2.45, 2.75) is 117 Å². The molecule has 33 heavy (non-hydrogen) atoms. The maximum atomic E-state index is 13.7. The zero-order valence-corrected chi connectivity index (χ0v) is 22.8. The van der Waals surface area contributed by atoms with Crippen LogP contribution in [0.4, 0.5) is 0 Å². The fraction of sp³-hybridized carbons (Fsp3) is 0.920. The molecule has 2 rings (SSSR count). The topological polar surface area (TPSA) is 79.9 Å². The highest BCUT2D eigenvalue weighted by Crippen LogP contribution is 2.43. The highest BCUT2D eigenvalue weighted by molar-refractivity contribution is 6.45. The van der Waals surface area contributed by atoms with Gasteiger partial charge >= 0.3 is 7.12 Å². The number of rotatable bonds is 8. The van der Waals surface area contributed by atoms with Crippen molar-refractivity contribution in [1.29, 1.82) is 0 Å². The number of nitrogens with one attached hydrogen (secondary N) is 2. The van der Waals surface area contributed by atoms with Crippen LogP contribution in [-0.4, -0.2) is 66.2 Å². The molecule has 1 aliphatic heterocycles. The third kappa shape index (κ3) is 6.95. The van der Waals surface area contributed by atoms with Crippen LogP contribution >= 0.6 is 0 Å². The molecule has 1 saturated heterocycles. The number of carbonyl (C=O) groups is 2. The first-order valence-corrected chi connectivity index (χ1v) is 12.7. The Morgan fingerprint density at radius 3 is 2.15 bits per heavy atom. The van der Waals surface area contributed by atoms with E-state index in [4.69, 9.17) is 9.31 Å². The Bertz CT molecular complexity index is 690. The van der Waals surface area contributed by atoms with Gasteiger partial charge in [0.25, 0.3) is 0 Å². The molecule has 1 aliphatic carbocycles. The van der Waals surface area contributed by atoms with Crippen molar-refractivity contribution < 1.29 is 18.9 Å². The van der Waals surface area contributed by atoms with Crippen LogP contribution in [0.1, 0.15) is 88.0 Å². The molecule has 0 unspecified atom stereocenters. The summed E-state index contributed by atoms with van der Waals surface area (Å²) in [6.07, 6.45) is 4.25. The van der Waals surface area contributed by atoms with E-state index in [-0.39, 0.29) is 41.6 Å². The van der Waals surface area contributed by atoms with E-state index in [9.17, 15) is 9.59 Å². The summed E-state index contributed by atoms with van der Waals surface area (Å²) in [5.41, 5.74) is -1.97. The minimum absolute atomic E-state index is 0.0572. The van der Waals surface area contributed by atoms with Gasteiger partial charge < -0.3 is 24.8 Å². The first kappa shape index (κ1) is 28.1. The zero-order valence-electron chi connectivity index (χ0n) is 22.8. The molecule has 3 atom stereocenters. The number of hydrogen-bond donors (Lipinski definition) is 2. The van der Waals surface area contributed by atoms with E-state index < -0.39 is 5.54 Å². The molecule has 0 aromatic rings. The Hall–Kier alpha value is -1.12. The molecular weight excluding hydrogens is 417 g/mol. The van der Waals surface area contributed by atoms with Gasteiger partial charge in [-0.25, -0.2) is 0 Å². The van der Waals surface area contributed by atoms with Crippen molar-refractivity contribution in [1.82, 2.24) is 15.5 Å². The van der Waals surface area contributed by atoms with E-state index in [1.807, 2.05) is 20.8 Å². The van der Waals surface area contributed by atoms with Gasteiger partial charge in [0, 0.05) is 24.9 Å². The lowest BCUT2D eigenvalue weighted by Crippen LogP contribution is -2.68. The zero-order chi connectivity index (χ0) is 25.2. The standard InChI is InChI=1S/C25H48BN3O4/c1-11-29(10)17-20-13-12-19(14-15-26-32-23(6,7)24(8,9)33-26)16-25(20,27-18(2)30)21(31)28-22(3,4)5/h19-20H,11-17H2,1-10H3,(H,27,30)(H,28,31)/t19-,20-,25+/m0/s1. The normalized spacial score (nSPS) is 29.2. The molecular formula is C25H48BN3O4. The number of hydrogen-bond acceptors (Lipinski definition) is 5. The molecule has 2 aliphatic rings. The van der Waals surface area contributed by atoms with Crippen LogP contribution in [0.2, 0.25) is 6.32 Å². The van der Waals surface area contributed by atoms with E-state index in [0.29, 0.717) is 12.3 Å². The molecule has 2 amide bonds. The Balaban J connectivity index is 2.23. The van der Waals surface area contributed by atoms with Gasteiger partial charge in [-0.1, -0.05) is 13.3 Å². The number of amides is 2. The van der Waals surface area contributed by atoms with Gasteiger partial charge in [0.05, 0.1) is 11.2 Å². The van der Waals surface area contributed by atoms with Crippen LogP contribution in [-0.2, 0) is 18.9 Å². The molecule has 1 heterocycles. The Morgan fingerprint density at radius 1 is 1.09 bits per heavy atom. The second kappa shape index (κ2) is 10.2. The average Bonchev–Trinajstić information content (AvgIpc) is 2.86. The Morgan fingerprint density at radius 2 is 1.67 bits per heavy atom. The van der Waals surface area contributed by atoms with Gasteiger partial charge in [0.15, 0.2) is 0 Å². The molecule has 7 nitrogen and oxygen atoms in total. The van der Waals surface area contributed by atoms with Crippen LogP contribution in [0.3, 0.4) is 0 Å². The van der Waals surface area contributed by atoms with Crippen LogP contribution in [0, 0.1) is 11.8 Å². The first-order chi connectivity index (χ1) is 15.0. The average molecular weight is 465 g/mol. The van der Waals surface area contributed by atoms with E-state index in [1.54, 1.807) is 0 Å². The minimum Gasteiger partial charge on any atom is -0.403 e. The summed E-state index contributed by atoms with van der Waals surface area (Å²) in [5, 5.41) is 6.32. The van der Waals surface area contributed by atoms with Gasteiger partial charge in [-0.2, -0.15) is 0 Å². The van der Waals surface area contributed by atoms with Crippen LogP contribution in [0.25, 0.3) is 0 Å². The number of carbonyl (C=O) groups excluding carboxylic acids is 2. The molecule has 0 radical (unpaired) electrons. The Labute approximate surface area is 202 Å². The molecule has 2 fully saturated rings. The SMILES string of the molecule is CCN(C)C[C@@H]1CC[C@@H](CCB2OC(C)(C)C(C)(C)O2)C[C@]1(NC(C)=O)C(=O)NC(C)(C)C. The van der Waals surface area contributed by atoms with Gasteiger partial charge in [0.2, 0.25) is 11.8 Å². The molecule has 2 N–H and O–H groups in total. The third-order valence-electron chi connectivity index (χ3n) is 7.71. The maximum absolute atomic E-state index is 13.7. The summed E-state index contributed by atoms with van der Waals surface area (Å²) in [6.45, 7) is 19.5. The summed E-state index contributed by atoms with van der Waals surface area (Å²) < 4.78 is 12.4. The van der Waals surface area contributed by atoms with Crippen molar-refractivity contribution in [3.63, 3.8) is 0 Å². The summed E-state index contributed by atoms with van der Waals surface area (Å²) >= 11 is 0. The third-order valence-corrected chi connectivity index (χ3v) is 7.71. The molecule has 0 aromatic heterocycles. The van der Waals surface area contributed by atoms with Crippen molar-refractivity contribution >= 4 is 18.9 Å². The predicted molar refractivity (Wildman–Crippen MR) is 134 cm³/mol. The fourth-order valence-corrected chi connectivity index (χ4v) is 5.12. The van der Waals surface area contributed by atoms with E-state index in [0.717, 1.165) is 38.7 Å². The smallest absolute Gasteiger partial charge is 0.403 e. The van der Waals surface area contributed by atoms with Crippen molar-refractivity contribution in [3.05, 3.63) is 0 Å². The van der Waals surface area contributed by atoms with E-state index >= 15 is 0 Å². The highest BCUT2D eigenvalue weighted by atomic mass is 16.7. The van der Waals surface area contributed by atoms with Crippen molar-refractivity contribution in [2.24, 2.45) is 11.8 Å². The second-order valence-electron chi connectivity index (χ2n) is 12.3. The maximum Gasteiger partial charge on any atom is 0.457 e. The predicted octanol–water partition coefficient (Wildman–Crippen LogP) is 3.63. The Kier molecular flexibility index (Phi) is 8.73. The summed E-state index contributed by atoms with van der Waals surface area (Å²) in [4.78, 5) is 28.3. The molecule has 1 saturated carbocycles. The second-order valence-corrected chi connectivity index (χ2v) is 12.3. The quantitative estimate of drug-likeness (QED) is 0.536. The summed E-state index contributed by atoms with van der Waals surface area (Å²) in [5.74, 6) is 0.140.